The van der Waals surface area contributed by atoms with Gasteiger partial charge in [0.2, 0.25) is 0 Å². The third kappa shape index (κ3) is 16.4. The van der Waals surface area contributed by atoms with Crippen LogP contribution in [0.4, 0.5) is 9.59 Å². The fourth-order valence-electron chi connectivity index (χ4n) is 5.70. The molecule has 2 N–H and O–H groups in total. The molecule has 0 aliphatic heterocycles. The molecule has 2 unspecified atom stereocenters. The average Bonchev–Trinajstić information content (AvgIpc) is 2.94. The first-order chi connectivity index (χ1) is 20.7. The Morgan fingerprint density at radius 2 is 1.11 bits per heavy atom. The van der Waals surface area contributed by atoms with Gasteiger partial charge < -0.3 is 39.1 Å². The smallest absolute Gasteiger partial charge is 0.407 e. The van der Waals surface area contributed by atoms with Gasteiger partial charge in [0.1, 0.15) is 13.2 Å². The Bertz CT molecular complexity index is 893. The molecule has 1 saturated carbocycles. The van der Waals surface area contributed by atoms with Crippen molar-refractivity contribution in [3.8, 4) is 0 Å². The first-order valence-electron chi connectivity index (χ1n) is 15.3. The van der Waals surface area contributed by atoms with Crippen LogP contribution in [-0.2, 0) is 28.4 Å². The fraction of sp³-hybridized carbons (Fsp3) is 0.706. The number of hydrogen-bond acceptors (Lipinski definition) is 8. The maximum absolute atomic E-state index is 12.9. The molecule has 1 rings (SSSR count). The van der Waals surface area contributed by atoms with Crippen molar-refractivity contribution in [2.24, 2.45) is 21.7 Å². The number of alkyl carbamates (subject to hydrolysis) is 2. The molecule has 44 heavy (non-hydrogen) atoms. The van der Waals surface area contributed by atoms with Crippen molar-refractivity contribution in [3.63, 3.8) is 0 Å². The van der Waals surface area contributed by atoms with Gasteiger partial charge >= 0.3 is 12.2 Å². The molecule has 0 aromatic carbocycles. The predicted octanol–water partition coefficient (Wildman–Crippen LogP) is 5.85. The Kier molecular flexibility index (Phi) is 17.6. The van der Waals surface area contributed by atoms with Crippen molar-refractivity contribution >= 4 is 12.2 Å². The highest BCUT2D eigenvalue weighted by Crippen LogP contribution is 2.45. The van der Waals surface area contributed by atoms with E-state index < -0.39 is 23.0 Å². The van der Waals surface area contributed by atoms with Crippen molar-refractivity contribution < 1.29 is 38.0 Å². The Labute approximate surface area is 265 Å². The molecule has 0 aromatic heterocycles. The van der Waals surface area contributed by atoms with E-state index in [0.29, 0.717) is 65.8 Å². The van der Waals surface area contributed by atoms with E-state index in [1.165, 1.54) is 0 Å². The SMILES string of the molecule is C=CCOCC(C)(COCC=C)COC(=O)NCC1(C)CC(NC(=O)OCC(C)(COCC=C)COCC=C)CC(C)(C)C1. The second-order valence-electron chi connectivity index (χ2n) is 13.7. The topological polar surface area (TPSA) is 114 Å². The lowest BCUT2D eigenvalue weighted by molar-refractivity contribution is -0.0353. The van der Waals surface area contributed by atoms with Crippen LogP contribution in [0.1, 0.15) is 53.9 Å². The van der Waals surface area contributed by atoms with Crippen LogP contribution in [0.15, 0.2) is 50.6 Å². The summed E-state index contributed by atoms with van der Waals surface area (Å²) in [5.41, 5.74) is -1.39. The van der Waals surface area contributed by atoms with Gasteiger partial charge in [0.25, 0.3) is 0 Å². The molecule has 0 saturated heterocycles. The lowest BCUT2D eigenvalue weighted by Gasteiger charge is -2.46. The van der Waals surface area contributed by atoms with Crippen LogP contribution in [0, 0.1) is 21.7 Å². The number of carbonyl (C=O) groups is 2. The van der Waals surface area contributed by atoms with E-state index in [1.54, 1.807) is 24.3 Å². The lowest BCUT2D eigenvalue weighted by atomic mass is 9.62. The zero-order chi connectivity index (χ0) is 33.1. The first-order valence-corrected chi connectivity index (χ1v) is 15.3. The van der Waals surface area contributed by atoms with Crippen molar-refractivity contribution in [1.29, 1.82) is 0 Å². The third-order valence-corrected chi connectivity index (χ3v) is 7.27. The van der Waals surface area contributed by atoms with Crippen molar-refractivity contribution in [2.45, 2.75) is 59.9 Å². The predicted molar refractivity (Wildman–Crippen MR) is 174 cm³/mol. The largest absolute Gasteiger partial charge is 0.449 e. The number of carbonyl (C=O) groups excluding carboxylic acids is 2. The highest BCUT2D eigenvalue weighted by atomic mass is 16.6. The Balaban J connectivity index is 2.72. The van der Waals surface area contributed by atoms with E-state index in [2.05, 4.69) is 57.7 Å². The summed E-state index contributed by atoms with van der Waals surface area (Å²) in [6.07, 6.45) is 8.03. The summed E-state index contributed by atoms with van der Waals surface area (Å²) < 4.78 is 33.8. The molecule has 1 aliphatic carbocycles. The summed E-state index contributed by atoms with van der Waals surface area (Å²) in [6, 6.07) is -0.123. The molecule has 0 bridgehead atoms. The minimum atomic E-state index is -0.528. The summed E-state index contributed by atoms with van der Waals surface area (Å²) in [6.45, 7) is 28.7. The Hall–Kier alpha value is -2.66. The quantitative estimate of drug-likeness (QED) is 0.108. The van der Waals surface area contributed by atoms with Gasteiger partial charge in [0.05, 0.1) is 52.9 Å². The molecule has 1 fully saturated rings. The minimum Gasteiger partial charge on any atom is -0.449 e. The van der Waals surface area contributed by atoms with Gasteiger partial charge in [-0.05, 0) is 30.1 Å². The van der Waals surface area contributed by atoms with Gasteiger partial charge in [0.15, 0.2) is 0 Å². The molecule has 10 nitrogen and oxygen atoms in total. The number of hydrogen-bond donors (Lipinski definition) is 2. The lowest BCUT2D eigenvalue weighted by Crippen LogP contribution is -2.51. The number of rotatable bonds is 23. The zero-order valence-electron chi connectivity index (χ0n) is 27.9. The van der Waals surface area contributed by atoms with Gasteiger partial charge in [0, 0.05) is 23.4 Å². The van der Waals surface area contributed by atoms with Crippen LogP contribution in [0.25, 0.3) is 0 Å². The van der Waals surface area contributed by atoms with Gasteiger partial charge in [-0.2, -0.15) is 0 Å². The van der Waals surface area contributed by atoms with Crippen molar-refractivity contribution in [1.82, 2.24) is 10.6 Å². The summed E-state index contributed by atoms with van der Waals surface area (Å²) >= 11 is 0. The van der Waals surface area contributed by atoms with Crippen LogP contribution in [-0.4, -0.2) is 90.8 Å². The molecule has 10 heteroatoms. The zero-order valence-corrected chi connectivity index (χ0v) is 27.9. The molecule has 0 spiro atoms. The standard InChI is InChI=1S/C34H58N2O8/c1-10-14-39-22-33(8,23-40-15-11-2)26-43-29(37)35-21-32(7)19-28(18-31(5,6)20-32)36-30(38)44-27-34(9,24-41-16-12-3)25-42-17-13-4/h10-13,28H,1-4,14-27H2,5-9H3,(H,35,37)(H,36,38). The normalized spacial score (nSPS) is 19.8. The number of ether oxygens (including phenoxy) is 6. The van der Waals surface area contributed by atoms with Crippen LogP contribution >= 0.6 is 0 Å². The monoisotopic (exact) mass is 622 g/mol. The van der Waals surface area contributed by atoms with Crippen molar-refractivity contribution in [2.75, 3.05) is 72.6 Å². The fourth-order valence-corrected chi connectivity index (χ4v) is 5.70. The molecule has 0 radical (unpaired) electrons. The van der Waals surface area contributed by atoms with Crippen molar-refractivity contribution in [3.05, 3.63) is 50.6 Å². The van der Waals surface area contributed by atoms with Crippen LogP contribution in [0.2, 0.25) is 0 Å². The summed E-state index contributed by atoms with van der Waals surface area (Å²) in [5, 5.41) is 6.00. The highest BCUT2D eigenvalue weighted by molar-refractivity contribution is 5.68. The van der Waals surface area contributed by atoms with E-state index in [9.17, 15) is 9.59 Å². The van der Waals surface area contributed by atoms with E-state index in [4.69, 9.17) is 28.4 Å². The third-order valence-electron chi connectivity index (χ3n) is 7.27. The average molecular weight is 623 g/mol. The van der Waals surface area contributed by atoms with E-state index >= 15 is 0 Å². The van der Waals surface area contributed by atoms with Crippen LogP contribution < -0.4 is 10.6 Å². The number of nitrogens with one attached hydrogen (secondary N) is 2. The molecule has 2 atom stereocenters. The molecular weight excluding hydrogens is 564 g/mol. The maximum atomic E-state index is 12.9. The second-order valence-corrected chi connectivity index (χ2v) is 13.7. The second kappa shape index (κ2) is 19.7. The van der Waals surface area contributed by atoms with Crippen LogP contribution in [0.3, 0.4) is 0 Å². The molecule has 0 aromatic rings. The molecule has 1 aliphatic rings. The van der Waals surface area contributed by atoms with Gasteiger partial charge in [-0.15, -0.1) is 26.3 Å². The van der Waals surface area contributed by atoms with Gasteiger partial charge in [-0.25, -0.2) is 9.59 Å². The van der Waals surface area contributed by atoms with E-state index in [0.717, 1.165) is 12.8 Å². The Morgan fingerprint density at radius 1 is 0.705 bits per heavy atom. The summed E-state index contributed by atoms with van der Waals surface area (Å²) in [7, 11) is 0. The molecule has 252 valence electrons. The summed E-state index contributed by atoms with van der Waals surface area (Å²) in [5.74, 6) is 0. The summed E-state index contributed by atoms with van der Waals surface area (Å²) in [4.78, 5) is 25.7. The van der Waals surface area contributed by atoms with E-state index in [-0.39, 0.29) is 30.1 Å². The van der Waals surface area contributed by atoms with Gasteiger partial charge in [-0.1, -0.05) is 58.9 Å². The maximum Gasteiger partial charge on any atom is 0.407 e. The van der Waals surface area contributed by atoms with Gasteiger partial charge in [-0.3, -0.25) is 0 Å². The molecule has 0 heterocycles. The highest BCUT2D eigenvalue weighted by Gasteiger charge is 2.42. The first kappa shape index (κ1) is 39.4. The van der Waals surface area contributed by atoms with E-state index in [1.807, 2.05) is 13.8 Å². The minimum absolute atomic E-state index is 0.0638. The van der Waals surface area contributed by atoms with Crippen LogP contribution in [0.5, 0.6) is 0 Å². The Morgan fingerprint density at radius 3 is 1.52 bits per heavy atom. The molecular formula is C34H58N2O8. The molecule has 2 amide bonds. The number of amides is 2.